The molecule has 0 fully saturated rings. The van der Waals surface area contributed by atoms with Crippen molar-refractivity contribution >= 4 is 15.9 Å². The van der Waals surface area contributed by atoms with Crippen LogP contribution in [0.5, 0.6) is 0 Å². The lowest BCUT2D eigenvalue weighted by Crippen LogP contribution is -2.36. The quantitative estimate of drug-likeness (QED) is 0.899. The first-order valence-electron chi connectivity index (χ1n) is 6.69. The van der Waals surface area contributed by atoms with Gasteiger partial charge in [0.25, 0.3) is 5.91 Å². The van der Waals surface area contributed by atoms with Crippen molar-refractivity contribution in [2.75, 3.05) is 6.54 Å². The number of benzene rings is 1. The number of hydrogen-bond donors (Lipinski definition) is 1. The Kier molecular flexibility index (Phi) is 5.30. The van der Waals surface area contributed by atoms with Crippen LogP contribution in [0.25, 0.3) is 0 Å². The SMILES string of the molecule is CCc1ccc(C(=O)N(CC)C(C)C)cc1S(N)(=O)=O. The summed E-state index contributed by atoms with van der Waals surface area (Å²) in [6.07, 6.45) is 0.544. The fraction of sp³-hybridized carbons (Fsp3) is 0.500. The molecule has 0 atom stereocenters. The number of aryl methyl sites for hydroxylation is 1. The topological polar surface area (TPSA) is 80.5 Å². The van der Waals surface area contributed by atoms with E-state index in [1.54, 1.807) is 17.0 Å². The van der Waals surface area contributed by atoms with Gasteiger partial charge in [0.2, 0.25) is 10.0 Å². The second kappa shape index (κ2) is 6.37. The molecule has 0 radical (unpaired) electrons. The average molecular weight is 298 g/mol. The highest BCUT2D eigenvalue weighted by Crippen LogP contribution is 2.19. The van der Waals surface area contributed by atoms with Crippen LogP contribution < -0.4 is 5.14 Å². The van der Waals surface area contributed by atoms with Crippen molar-refractivity contribution in [2.24, 2.45) is 5.14 Å². The summed E-state index contributed by atoms with van der Waals surface area (Å²) in [7, 11) is -3.83. The first kappa shape index (κ1) is 16.7. The van der Waals surface area contributed by atoms with E-state index in [0.717, 1.165) is 0 Å². The molecule has 20 heavy (non-hydrogen) atoms. The Hall–Kier alpha value is -1.40. The first-order valence-corrected chi connectivity index (χ1v) is 8.23. The van der Waals surface area contributed by atoms with Gasteiger partial charge in [0.15, 0.2) is 0 Å². The molecule has 0 aliphatic heterocycles. The van der Waals surface area contributed by atoms with E-state index in [9.17, 15) is 13.2 Å². The maximum atomic E-state index is 12.4. The van der Waals surface area contributed by atoms with Gasteiger partial charge in [0.05, 0.1) is 4.90 Å². The van der Waals surface area contributed by atoms with Crippen LogP contribution in [-0.4, -0.2) is 31.8 Å². The van der Waals surface area contributed by atoms with Crippen LogP contribution in [0.2, 0.25) is 0 Å². The largest absolute Gasteiger partial charge is 0.337 e. The summed E-state index contributed by atoms with van der Waals surface area (Å²) in [5.41, 5.74) is 0.971. The molecule has 6 heteroatoms. The van der Waals surface area contributed by atoms with Crippen LogP contribution in [0.3, 0.4) is 0 Å². The Balaban J connectivity index is 3.32. The summed E-state index contributed by atoms with van der Waals surface area (Å²) in [6.45, 7) is 8.14. The van der Waals surface area contributed by atoms with E-state index in [-0.39, 0.29) is 16.8 Å². The van der Waals surface area contributed by atoms with Crippen LogP contribution in [0.4, 0.5) is 0 Å². The fourth-order valence-electron chi connectivity index (χ4n) is 2.15. The molecule has 0 aliphatic rings. The van der Waals surface area contributed by atoms with Crippen LogP contribution in [-0.2, 0) is 16.4 Å². The number of nitrogens with zero attached hydrogens (tertiary/aromatic N) is 1. The highest BCUT2D eigenvalue weighted by molar-refractivity contribution is 7.89. The van der Waals surface area contributed by atoms with Crippen LogP contribution in [0.1, 0.15) is 43.6 Å². The van der Waals surface area contributed by atoms with E-state index in [1.165, 1.54) is 6.07 Å². The average Bonchev–Trinajstić information content (AvgIpc) is 2.37. The molecule has 0 saturated heterocycles. The van der Waals surface area contributed by atoms with Crippen LogP contribution in [0, 0.1) is 0 Å². The molecule has 0 aliphatic carbocycles. The van der Waals surface area contributed by atoms with E-state index in [2.05, 4.69) is 0 Å². The molecule has 0 saturated carbocycles. The molecule has 0 unspecified atom stereocenters. The van der Waals surface area contributed by atoms with Gasteiger partial charge in [0.1, 0.15) is 0 Å². The number of amides is 1. The summed E-state index contributed by atoms with van der Waals surface area (Å²) in [5, 5.41) is 5.22. The molecule has 0 heterocycles. The monoisotopic (exact) mass is 298 g/mol. The van der Waals surface area contributed by atoms with Gasteiger partial charge in [-0.25, -0.2) is 13.6 Å². The number of rotatable bonds is 5. The molecule has 0 spiro atoms. The minimum atomic E-state index is -3.83. The molecule has 112 valence electrons. The Labute approximate surface area is 120 Å². The predicted molar refractivity (Wildman–Crippen MR) is 79.0 cm³/mol. The molecular formula is C14H22N2O3S. The molecule has 0 bridgehead atoms. The zero-order valence-corrected chi connectivity index (χ0v) is 13.2. The summed E-state index contributed by atoms with van der Waals surface area (Å²) >= 11 is 0. The number of sulfonamides is 1. The normalized spacial score (nSPS) is 11.7. The Morgan fingerprint density at radius 1 is 1.30 bits per heavy atom. The minimum Gasteiger partial charge on any atom is -0.337 e. The van der Waals surface area contributed by atoms with Crippen LogP contribution >= 0.6 is 0 Å². The number of nitrogens with two attached hydrogens (primary N) is 1. The number of carbonyl (C=O) groups excluding carboxylic acids is 1. The van der Waals surface area contributed by atoms with E-state index < -0.39 is 10.0 Å². The second-order valence-corrected chi connectivity index (χ2v) is 6.44. The van der Waals surface area contributed by atoms with Gasteiger partial charge in [0, 0.05) is 18.2 Å². The standard InChI is InChI=1S/C14H22N2O3S/c1-5-11-7-8-12(9-13(11)20(15,18)19)14(17)16(6-2)10(3)4/h7-10H,5-6H2,1-4H3,(H2,15,18,19). The third kappa shape index (κ3) is 3.58. The molecule has 5 nitrogen and oxygen atoms in total. The van der Waals surface area contributed by atoms with Crippen molar-refractivity contribution in [3.63, 3.8) is 0 Å². The third-order valence-electron chi connectivity index (χ3n) is 3.23. The lowest BCUT2D eigenvalue weighted by Gasteiger charge is -2.25. The van der Waals surface area contributed by atoms with Gasteiger partial charge in [-0.05, 0) is 44.9 Å². The highest BCUT2D eigenvalue weighted by Gasteiger charge is 2.20. The lowest BCUT2D eigenvalue weighted by atomic mass is 10.1. The third-order valence-corrected chi connectivity index (χ3v) is 4.22. The highest BCUT2D eigenvalue weighted by atomic mass is 32.2. The van der Waals surface area contributed by atoms with Gasteiger partial charge < -0.3 is 4.90 Å². The molecule has 2 N–H and O–H groups in total. The zero-order valence-electron chi connectivity index (χ0n) is 12.4. The maximum Gasteiger partial charge on any atom is 0.254 e. The van der Waals surface area contributed by atoms with E-state index in [0.29, 0.717) is 24.1 Å². The maximum absolute atomic E-state index is 12.4. The zero-order chi connectivity index (χ0) is 15.5. The number of hydrogen-bond acceptors (Lipinski definition) is 3. The smallest absolute Gasteiger partial charge is 0.254 e. The summed E-state index contributed by atoms with van der Waals surface area (Å²) in [6, 6.07) is 4.74. The molecule has 1 aromatic carbocycles. The summed E-state index contributed by atoms with van der Waals surface area (Å²) < 4.78 is 23.2. The minimum absolute atomic E-state index is 0.0330. The number of primary sulfonamides is 1. The molecule has 0 aromatic heterocycles. The van der Waals surface area contributed by atoms with E-state index in [1.807, 2.05) is 27.7 Å². The van der Waals surface area contributed by atoms with Crippen molar-refractivity contribution < 1.29 is 13.2 Å². The second-order valence-electron chi connectivity index (χ2n) is 4.91. The van der Waals surface area contributed by atoms with Gasteiger partial charge in [-0.15, -0.1) is 0 Å². The van der Waals surface area contributed by atoms with Gasteiger partial charge in [-0.3, -0.25) is 4.79 Å². The lowest BCUT2D eigenvalue weighted by molar-refractivity contribution is 0.0716. The van der Waals surface area contributed by atoms with Gasteiger partial charge >= 0.3 is 0 Å². The molecule has 1 aromatic rings. The van der Waals surface area contributed by atoms with Gasteiger partial charge in [-0.2, -0.15) is 0 Å². The first-order chi connectivity index (χ1) is 9.22. The molecule has 1 amide bonds. The van der Waals surface area contributed by atoms with Crippen molar-refractivity contribution in [1.29, 1.82) is 0 Å². The Morgan fingerprint density at radius 2 is 1.90 bits per heavy atom. The molecular weight excluding hydrogens is 276 g/mol. The van der Waals surface area contributed by atoms with E-state index >= 15 is 0 Å². The Bertz CT molecular complexity index is 594. The van der Waals surface area contributed by atoms with E-state index in [4.69, 9.17) is 5.14 Å². The number of carbonyl (C=O) groups is 1. The molecule has 1 rings (SSSR count). The van der Waals surface area contributed by atoms with Crippen molar-refractivity contribution in [1.82, 2.24) is 4.90 Å². The van der Waals surface area contributed by atoms with Crippen molar-refractivity contribution in [3.05, 3.63) is 29.3 Å². The van der Waals surface area contributed by atoms with Crippen molar-refractivity contribution in [2.45, 2.75) is 45.1 Å². The summed E-state index contributed by atoms with van der Waals surface area (Å²) in [5.74, 6) is -0.185. The van der Waals surface area contributed by atoms with Crippen LogP contribution in [0.15, 0.2) is 23.1 Å². The predicted octanol–water partition coefficient (Wildman–Crippen LogP) is 1.77. The van der Waals surface area contributed by atoms with Gasteiger partial charge in [-0.1, -0.05) is 13.0 Å². The fourth-order valence-corrected chi connectivity index (χ4v) is 3.02. The summed E-state index contributed by atoms with van der Waals surface area (Å²) in [4.78, 5) is 14.1. The Morgan fingerprint density at radius 3 is 2.30 bits per heavy atom. The van der Waals surface area contributed by atoms with Crippen molar-refractivity contribution in [3.8, 4) is 0 Å².